The molecule has 0 aromatic heterocycles. The normalized spacial score (nSPS) is 24.6. The predicted octanol–water partition coefficient (Wildman–Crippen LogP) is 3.17. The Bertz CT molecular complexity index is 442. The third-order valence-electron chi connectivity index (χ3n) is 3.84. The maximum Gasteiger partial charge on any atom is 0.0929 e. The lowest BCUT2D eigenvalue weighted by Crippen LogP contribution is -2.31. The van der Waals surface area contributed by atoms with Gasteiger partial charge in [0.15, 0.2) is 0 Å². The second-order valence-electron chi connectivity index (χ2n) is 5.53. The van der Waals surface area contributed by atoms with Gasteiger partial charge in [-0.05, 0) is 49.9 Å². The summed E-state index contributed by atoms with van der Waals surface area (Å²) in [6, 6.07) is 5.09. The number of rotatable bonds is 5. The Balaban J connectivity index is 1.80. The average molecular weight is 318 g/mol. The van der Waals surface area contributed by atoms with Crippen molar-refractivity contribution in [2.24, 2.45) is 5.92 Å². The van der Waals surface area contributed by atoms with Crippen LogP contribution in [0.5, 0.6) is 0 Å². The van der Waals surface area contributed by atoms with Gasteiger partial charge < -0.3 is 15.5 Å². The molecular weight excluding hydrogens is 297 g/mol. The molecule has 5 heteroatoms. The standard InChI is InChI=1S/C15H21Cl2NO2/c16-11-4-5-14(17)13(7-11)15(20)9-18-8-10-2-1-3-12(19)6-10/h4-5,7,10,12,15,18-20H,1-3,6,8-9H2. The third kappa shape index (κ3) is 4.61. The van der Waals surface area contributed by atoms with Crippen LogP contribution in [0.2, 0.25) is 10.0 Å². The molecule has 1 aromatic carbocycles. The highest BCUT2D eigenvalue weighted by molar-refractivity contribution is 6.33. The maximum atomic E-state index is 10.2. The number of halogens is 2. The minimum Gasteiger partial charge on any atom is -0.393 e. The van der Waals surface area contributed by atoms with Crippen LogP contribution in [0, 0.1) is 5.92 Å². The quantitative estimate of drug-likeness (QED) is 0.782. The van der Waals surface area contributed by atoms with E-state index < -0.39 is 6.10 Å². The van der Waals surface area contributed by atoms with Gasteiger partial charge in [-0.3, -0.25) is 0 Å². The van der Waals surface area contributed by atoms with Gasteiger partial charge in [-0.2, -0.15) is 0 Å². The van der Waals surface area contributed by atoms with Crippen LogP contribution in [0.25, 0.3) is 0 Å². The summed E-state index contributed by atoms with van der Waals surface area (Å²) in [6.07, 6.45) is 3.14. The molecule has 1 aromatic rings. The Kier molecular flexibility index (Phi) is 6.12. The molecular formula is C15H21Cl2NO2. The van der Waals surface area contributed by atoms with Gasteiger partial charge in [-0.15, -0.1) is 0 Å². The summed E-state index contributed by atoms with van der Waals surface area (Å²) in [4.78, 5) is 0. The van der Waals surface area contributed by atoms with Crippen molar-refractivity contribution in [2.45, 2.75) is 37.9 Å². The first-order valence-electron chi connectivity index (χ1n) is 7.08. The fourth-order valence-electron chi connectivity index (χ4n) is 2.75. The molecule has 0 aliphatic heterocycles. The van der Waals surface area contributed by atoms with Crippen molar-refractivity contribution >= 4 is 23.2 Å². The maximum absolute atomic E-state index is 10.2. The van der Waals surface area contributed by atoms with Crippen molar-refractivity contribution in [3.63, 3.8) is 0 Å². The molecule has 3 nitrogen and oxygen atoms in total. The Morgan fingerprint density at radius 3 is 2.85 bits per heavy atom. The Morgan fingerprint density at radius 1 is 1.30 bits per heavy atom. The molecule has 0 amide bonds. The fourth-order valence-corrected chi connectivity index (χ4v) is 3.18. The van der Waals surface area contributed by atoms with Crippen molar-refractivity contribution in [1.82, 2.24) is 5.32 Å². The van der Waals surface area contributed by atoms with E-state index in [1.807, 2.05) is 0 Å². The van der Waals surface area contributed by atoms with E-state index in [0.29, 0.717) is 28.1 Å². The number of aliphatic hydroxyl groups is 2. The number of aliphatic hydroxyl groups excluding tert-OH is 2. The van der Waals surface area contributed by atoms with Gasteiger partial charge in [0.25, 0.3) is 0 Å². The average Bonchev–Trinajstić information content (AvgIpc) is 2.41. The molecule has 3 unspecified atom stereocenters. The summed E-state index contributed by atoms with van der Waals surface area (Å²) in [5.74, 6) is 0.487. The minimum atomic E-state index is -0.672. The topological polar surface area (TPSA) is 52.5 Å². The molecule has 3 N–H and O–H groups in total. The molecule has 1 aliphatic rings. The smallest absolute Gasteiger partial charge is 0.0929 e. The molecule has 2 rings (SSSR count). The molecule has 1 saturated carbocycles. The Labute approximate surface area is 129 Å². The highest BCUT2D eigenvalue weighted by Gasteiger charge is 2.20. The van der Waals surface area contributed by atoms with Crippen LogP contribution in [0.3, 0.4) is 0 Å². The van der Waals surface area contributed by atoms with Crippen molar-refractivity contribution in [3.05, 3.63) is 33.8 Å². The SMILES string of the molecule is OC1CCCC(CNCC(O)c2cc(Cl)ccc2Cl)C1. The first-order valence-corrected chi connectivity index (χ1v) is 7.83. The first kappa shape index (κ1) is 16.1. The Hall–Kier alpha value is -0.320. The Morgan fingerprint density at radius 2 is 2.10 bits per heavy atom. The summed E-state index contributed by atoms with van der Waals surface area (Å²) in [7, 11) is 0. The van der Waals surface area contributed by atoms with E-state index in [1.54, 1.807) is 18.2 Å². The van der Waals surface area contributed by atoms with E-state index in [1.165, 1.54) is 0 Å². The van der Waals surface area contributed by atoms with E-state index >= 15 is 0 Å². The lowest BCUT2D eigenvalue weighted by molar-refractivity contribution is 0.0983. The summed E-state index contributed by atoms with van der Waals surface area (Å²) in [5.41, 5.74) is 0.648. The third-order valence-corrected chi connectivity index (χ3v) is 4.42. The van der Waals surface area contributed by atoms with Crippen molar-refractivity contribution in [1.29, 1.82) is 0 Å². The molecule has 0 spiro atoms. The molecule has 0 heterocycles. The number of nitrogens with one attached hydrogen (secondary N) is 1. The van der Waals surface area contributed by atoms with E-state index in [9.17, 15) is 10.2 Å². The molecule has 20 heavy (non-hydrogen) atoms. The monoisotopic (exact) mass is 317 g/mol. The highest BCUT2D eigenvalue weighted by atomic mass is 35.5. The summed E-state index contributed by atoms with van der Waals surface area (Å²) in [6.45, 7) is 1.25. The van der Waals surface area contributed by atoms with Gasteiger partial charge >= 0.3 is 0 Å². The summed E-state index contributed by atoms with van der Waals surface area (Å²) >= 11 is 12.0. The molecule has 0 saturated heterocycles. The van der Waals surface area contributed by atoms with Crippen LogP contribution in [0.15, 0.2) is 18.2 Å². The van der Waals surface area contributed by atoms with Crippen LogP contribution in [-0.4, -0.2) is 29.4 Å². The van der Waals surface area contributed by atoms with Gasteiger partial charge in [0, 0.05) is 22.2 Å². The van der Waals surface area contributed by atoms with E-state index in [0.717, 1.165) is 32.2 Å². The largest absolute Gasteiger partial charge is 0.393 e. The number of hydrogen-bond donors (Lipinski definition) is 3. The van der Waals surface area contributed by atoms with Crippen molar-refractivity contribution in [3.8, 4) is 0 Å². The zero-order valence-corrected chi connectivity index (χ0v) is 12.9. The van der Waals surface area contributed by atoms with Crippen LogP contribution < -0.4 is 5.32 Å². The second-order valence-corrected chi connectivity index (χ2v) is 6.37. The van der Waals surface area contributed by atoms with Gasteiger partial charge in [0.05, 0.1) is 12.2 Å². The zero-order chi connectivity index (χ0) is 14.5. The van der Waals surface area contributed by atoms with Crippen LogP contribution >= 0.6 is 23.2 Å². The van der Waals surface area contributed by atoms with Crippen LogP contribution in [0.4, 0.5) is 0 Å². The lowest BCUT2D eigenvalue weighted by atomic mass is 9.87. The summed E-state index contributed by atoms with van der Waals surface area (Å²) < 4.78 is 0. The van der Waals surface area contributed by atoms with Gasteiger partial charge in [-0.1, -0.05) is 29.6 Å². The lowest BCUT2D eigenvalue weighted by Gasteiger charge is -2.26. The van der Waals surface area contributed by atoms with Gasteiger partial charge in [0.1, 0.15) is 0 Å². The molecule has 1 fully saturated rings. The number of hydrogen-bond acceptors (Lipinski definition) is 3. The van der Waals surface area contributed by atoms with Crippen molar-refractivity contribution < 1.29 is 10.2 Å². The number of benzene rings is 1. The highest BCUT2D eigenvalue weighted by Crippen LogP contribution is 2.27. The van der Waals surface area contributed by atoms with Crippen LogP contribution in [0.1, 0.15) is 37.4 Å². The fraction of sp³-hybridized carbons (Fsp3) is 0.600. The zero-order valence-electron chi connectivity index (χ0n) is 11.4. The molecule has 0 bridgehead atoms. The predicted molar refractivity (Wildman–Crippen MR) is 82.3 cm³/mol. The molecule has 112 valence electrons. The van der Waals surface area contributed by atoms with E-state index in [4.69, 9.17) is 23.2 Å². The minimum absolute atomic E-state index is 0.164. The molecule has 3 atom stereocenters. The van der Waals surface area contributed by atoms with E-state index in [2.05, 4.69) is 5.32 Å². The van der Waals surface area contributed by atoms with Crippen molar-refractivity contribution in [2.75, 3.05) is 13.1 Å². The molecule has 0 radical (unpaired) electrons. The van der Waals surface area contributed by atoms with E-state index in [-0.39, 0.29) is 6.10 Å². The molecule has 1 aliphatic carbocycles. The first-order chi connectivity index (χ1) is 9.56. The van der Waals surface area contributed by atoms with Gasteiger partial charge in [0.2, 0.25) is 0 Å². The van der Waals surface area contributed by atoms with Crippen LogP contribution in [-0.2, 0) is 0 Å². The second kappa shape index (κ2) is 7.62. The summed E-state index contributed by atoms with van der Waals surface area (Å²) in [5, 5.41) is 24.1. The van der Waals surface area contributed by atoms with Gasteiger partial charge in [-0.25, -0.2) is 0 Å².